The number of hydrogen-bond acceptors (Lipinski definition) is 6. The second-order valence-corrected chi connectivity index (χ2v) is 18.5. The van der Waals surface area contributed by atoms with E-state index in [1.807, 2.05) is 0 Å². The molecule has 0 N–H and O–H groups in total. The summed E-state index contributed by atoms with van der Waals surface area (Å²) in [6, 6.07) is 0. The van der Waals surface area contributed by atoms with E-state index in [2.05, 4.69) is 32.9 Å². The third-order valence-electron chi connectivity index (χ3n) is 12.3. The molecule has 0 aliphatic heterocycles. The van der Waals surface area contributed by atoms with Crippen molar-refractivity contribution in [3.63, 3.8) is 0 Å². The van der Waals surface area contributed by atoms with Gasteiger partial charge in [-0.15, -0.1) is 0 Å². The Morgan fingerprint density at radius 3 is 0.836 bits per heavy atom. The van der Waals surface area contributed by atoms with Crippen LogP contribution in [0, 0.1) is 0 Å². The zero-order valence-electron chi connectivity index (χ0n) is 41.2. The second kappa shape index (κ2) is 50.8. The zero-order chi connectivity index (χ0) is 44.4. The Kier molecular flexibility index (Phi) is 49.3. The molecule has 61 heavy (non-hydrogen) atoms. The molecule has 0 radical (unpaired) electrons. The average Bonchev–Trinajstić information content (AvgIpc) is 3.26. The second-order valence-electron chi connectivity index (χ2n) is 18.5. The Morgan fingerprint density at radius 1 is 0.311 bits per heavy atom. The van der Waals surface area contributed by atoms with Crippen LogP contribution in [0.5, 0.6) is 0 Å². The standard InChI is InChI=1S/C55H104O6/c1-4-7-10-13-16-19-22-25-27-28-31-33-36-39-42-45-48-54(57)60-51-52(50-59-53(56)47-44-41-38-35-32-29-24-21-18-15-12-9-6-3)61-55(58)49-46-43-40-37-34-30-26-23-20-17-14-11-8-5-2/h21,24,52H,4-20,22-23,25-51H2,1-3H3/b24-21-. The Balaban J connectivity index is 4.32. The minimum Gasteiger partial charge on any atom is -0.462 e. The molecule has 0 bridgehead atoms. The van der Waals surface area contributed by atoms with Crippen LogP contribution < -0.4 is 0 Å². The molecule has 0 saturated heterocycles. The molecule has 6 heteroatoms. The summed E-state index contributed by atoms with van der Waals surface area (Å²) in [5.74, 6) is -0.856. The van der Waals surface area contributed by atoms with Gasteiger partial charge < -0.3 is 14.2 Å². The van der Waals surface area contributed by atoms with Gasteiger partial charge in [0.25, 0.3) is 0 Å². The molecule has 360 valence electrons. The van der Waals surface area contributed by atoms with Gasteiger partial charge in [-0.2, -0.15) is 0 Å². The third kappa shape index (κ3) is 49.0. The maximum Gasteiger partial charge on any atom is 0.306 e. The van der Waals surface area contributed by atoms with E-state index in [4.69, 9.17) is 14.2 Å². The minimum absolute atomic E-state index is 0.0668. The molecule has 0 aliphatic rings. The van der Waals surface area contributed by atoms with E-state index < -0.39 is 6.10 Å². The van der Waals surface area contributed by atoms with Gasteiger partial charge in [0.1, 0.15) is 13.2 Å². The maximum atomic E-state index is 12.8. The van der Waals surface area contributed by atoms with E-state index in [9.17, 15) is 14.4 Å². The summed E-state index contributed by atoms with van der Waals surface area (Å²) in [6.45, 7) is 6.66. The zero-order valence-corrected chi connectivity index (χ0v) is 41.2. The van der Waals surface area contributed by atoms with Gasteiger partial charge in [0.15, 0.2) is 6.10 Å². The van der Waals surface area contributed by atoms with Crippen LogP contribution in [0.25, 0.3) is 0 Å². The quantitative estimate of drug-likeness (QED) is 0.0262. The summed E-state index contributed by atoms with van der Waals surface area (Å²) in [5.41, 5.74) is 0. The number of rotatable bonds is 50. The van der Waals surface area contributed by atoms with Crippen LogP contribution in [0.15, 0.2) is 12.2 Å². The van der Waals surface area contributed by atoms with Crippen molar-refractivity contribution in [1.29, 1.82) is 0 Å². The molecular formula is C55H104O6. The van der Waals surface area contributed by atoms with Crippen LogP contribution in [0.4, 0.5) is 0 Å². The Morgan fingerprint density at radius 2 is 0.541 bits per heavy atom. The van der Waals surface area contributed by atoms with Crippen molar-refractivity contribution in [2.75, 3.05) is 13.2 Å². The normalized spacial score (nSPS) is 12.0. The first kappa shape index (κ1) is 59.1. The van der Waals surface area contributed by atoms with E-state index in [0.717, 1.165) is 64.2 Å². The molecule has 0 heterocycles. The first-order chi connectivity index (χ1) is 30.0. The molecular weight excluding hydrogens is 757 g/mol. The van der Waals surface area contributed by atoms with Crippen LogP contribution in [-0.4, -0.2) is 37.2 Å². The van der Waals surface area contributed by atoms with Crippen LogP contribution in [0.1, 0.15) is 303 Å². The smallest absolute Gasteiger partial charge is 0.306 e. The first-order valence-corrected chi connectivity index (χ1v) is 27.2. The lowest BCUT2D eigenvalue weighted by atomic mass is 10.0. The van der Waals surface area contributed by atoms with Crippen LogP contribution in [0.2, 0.25) is 0 Å². The van der Waals surface area contributed by atoms with Crippen molar-refractivity contribution >= 4 is 17.9 Å². The summed E-state index contributed by atoms with van der Waals surface area (Å²) in [7, 11) is 0. The predicted molar refractivity (Wildman–Crippen MR) is 261 cm³/mol. The molecule has 0 aromatic rings. The van der Waals surface area contributed by atoms with Gasteiger partial charge in [0.2, 0.25) is 0 Å². The molecule has 1 atom stereocenters. The lowest BCUT2D eigenvalue weighted by Gasteiger charge is -2.18. The SMILES string of the molecule is CCCCCC/C=C\CCCCCCCC(=O)OCC(COC(=O)CCCCCCCCCCCCCCCCCC)OC(=O)CCCCCCCCCCCCCCCC. The molecule has 1 unspecified atom stereocenters. The van der Waals surface area contributed by atoms with Gasteiger partial charge in [-0.25, -0.2) is 0 Å². The number of carbonyl (C=O) groups excluding carboxylic acids is 3. The molecule has 0 fully saturated rings. The van der Waals surface area contributed by atoms with Gasteiger partial charge in [-0.05, 0) is 44.9 Å². The highest BCUT2D eigenvalue weighted by molar-refractivity contribution is 5.71. The van der Waals surface area contributed by atoms with Crippen molar-refractivity contribution in [1.82, 2.24) is 0 Å². The average molecular weight is 861 g/mol. The fraction of sp³-hybridized carbons (Fsp3) is 0.909. The van der Waals surface area contributed by atoms with Gasteiger partial charge in [-0.3, -0.25) is 14.4 Å². The Bertz CT molecular complexity index is 947. The van der Waals surface area contributed by atoms with E-state index in [-0.39, 0.29) is 31.1 Å². The lowest BCUT2D eigenvalue weighted by Crippen LogP contribution is -2.30. The largest absolute Gasteiger partial charge is 0.462 e. The number of ether oxygens (including phenoxy) is 3. The highest BCUT2D eigenvalue weighted by Gasteiger charge is 2.19. The van der Waals surface area contributed by atoms with E-state index in [1.165, 1.54) is 199 Å². The van der Waals surface area contributed by atoms with Crippen molar-refractivity contribution in [3.05, 3.63) is 12.2 Å². The molecule has 0 saturated carbocycles. The summed E-state index contributed by atoms with van der Waals surface area (Å²) in [6.07, 6.45) is 56.2. The lowest BCUT2D eigenvalue weighted by molar-refractivity contribution is -0.167. The molecule has 0 rings (SSSR count). The molecule has 0 aliphatic carbocycles. The number of esters is 3. The highest BCUT2D eigenvalue weighted by atomic mass is 16.6. The van der Waals surface area contributed by atoms with Gasteiger partial charge >= 0.3 is 17.9 Å². The number of allylic oxidation sites excluding steroid dienone is 2. The maximum absolute atomic E-state index is 12.8. The minimum atomic E-state index is -0.766. The molecule has 0 spiro atoms. The topological polar surface area (TPSA) is 78.9 Å². The van der Waals surface area contributed by atoms with Gasteiger partial charge in [0, 0.05) is 19.3 Å². The fourth-order valence-corrected chi connectivity index (χ4v) is 8.14. The summed E-state index contributed by atoms with van der Waals surface area (Å²) < 4.78 is 16.8. The molecule has 0 aromatic carbocycles. The Labute approximate surface area is 380 Å². The van der Waals surface area contributed by atoms with E-state index in [0.29, 0.717) is 19.3 Å². The molecule has 0 amide bonds. The van der Waals surface area contributed by atoms with Crippen molar-refractivity contribution in [2.45, 2.75) is 309 Å². The first-order valence-electron chi connectivity index (χ1n) is 27.2. The number of carbonyl (C=O) groups is 3. The van der Waals surface area contributed by atoms with Gasteiger partial charge in [0.05, 0.1) is 0 Å². The third-order valence-corrected chi connectivity index (χ3v) is 12.3. The number of unbranched alkanes of at least 4 members (excludes halogenated alkanes) is 37. The Hall–Kier alpha value is -1.85. The van der Waals surface area contributed by atoms with Gasteiger partial charge in [-0.1, -0.05) is 251 Å². The summed E-state index contributed by atoms with van der Waals surface area (Å²) >= 11 is 0. The predicted octanol–water partition coefficient (Wildman–Crippen LogP) is 17.8. The van der Waals surface area contributed by atoms with Crippen molar-refractivity contribution in [2.24, 2.45) is 0 Å². The molecule has 0 aromatic heterocycles. The summed E-state index contributed by atoms with van der Waals surface area (Å²) in [5, 5.41) is 0. The van der Waals surface area contributed by atoms with Crippen molar-refractivity contribution < 1.29 is 28.6 Å². The van der Waals surface area contributed by atoms with E-state index >= 15 is 0 Å². The highest BCUT2D eigenvalue weighted by Crippen LogP contribution is 2.17. The molecule has 6 nitrogen and oxygen atoms in total. The van der Waals surface area contributed by atoms with Crippen LogP contribution in [0.3, 0.4) is 0 Å². The monoisotopic (exact) mass is 861 g/mol. The van der Waals surface area contributed by atoms with E-state index in [1.54, 1.807) is 0 Å². The van der Waals surface area contributed by atoms with Crippen molar-refractivity contribution in [3.8, 4) is 0 Å². The van der Waals surface area contributed by atoms with Crippen LogP contribution >= 0.6 is 0 Å². The van der Waals surface area contributed by atoms with Crippen LogP contribution in [-0.2, 0) is 28.6 Å². The summed E-state index contributed by atoms with van der Waals surface area (Å²) in [4.78, 5) is 38.0. The fourth-order valence-electron chi connectivity index (χ4n) is 8.14. The number of hydrogen-bond donors (Lipinski definition) is 0.